The molecular weight excluding hydrogens is 606 g/mol. The van der Waals surface area contributed by atoms with Gasteiger partial charge in [-0.05, 0) is 67.9 Å². The number of aromatic nitrogens is 4. The first-order valence-electron chi connectivity index (χ1n) is 15.6. The molecule has 2 fully saturated rings. The van der Waals surface area contributed by atoms with Gasteiger partial charge in [0.25, 0.3) is 5.56 Å². The predicted octanol–water partition coefficient (Wildman–Crippen LogP) is 4.19. The number of rotatable bonds is 6. The van der Waals surface area contributed by atoms with Crippen molar-refractivity contribution in [3.05, 3.63) is 101 Å². The monoisotopic (exact) mass is 642 g/mol. The van der Waals surface area contributed by atoms with E-state index >= 15 is 0 Å². The van der Waals surface area contributed by atoms with Crippen molar-refractivity contribution in [3.8, 4) is 23.5 Å². The van der Waals surface area contributed by atoms with Crippen molar-refractivity contribution >= 4 is 11.6 Å². The number of nitrogen functional groups attached to an aromatic ring is 1. The average molecular weight is 643 g/mol. The molecule has 2 aromatic carbocycles. The van der Waals surface area contributed by atoms with Crippen LogP contribution >= 0.6 is 0 Å². The van der Waals surface area contributed by atoms with E-state index < -0.39 is 34.5 Å². The number of hydrogen-bond acceptors (Lipinski definition) is 7. The minimum Gasteiger partial charge on any atom is -0.437 e. The lowest BCUT2D eigenvalue weighted by Crippen LogP contribution is -2.55. The topological polar surface area (TPSA) is 128 Å². The number of piperidine rings is 1. The Bertz CT molecular complexity index is 1860. The number of benzene rings is 2. The van der Waals surface area contributed by atoms with E-state index in [1.165, 1.54) is 35.2 Å². The Hall–Kier alpha value is -5.02. The van der Waals surface area contributed by atoms with Gasteiger partial charge in [-0.1, -0.05) is 36.3 Å². The summed E-state index contributed by atoms with van der Waals surface area (Å²) >= 11 is 0. The summed E-state index contributed by atoms with van der Waals surface area (Å²) in [7, 11) is 1.82. The molecule has 1 saturated carbocycles. The lowest BCUT2D eigenvalue weighted by atomic mass is 9.62. The molecule has 0 unspecified atom stereocenters. The maximum atomic E-state index is 15.0. The summed E-state index contributed by atoms with van der Waals surface area (Å²) in [5, 5.41) is 11.5. The Kier molecular flexibility index (Phi) is 8.84. The van der Waals surface area contributed by atoms with E-state index in [9.17, 15) is 23.5 Å². The molecule has 1 aliphatic carbocycles. The molecule has 12 heteroatoms. The molecule has 2 aromatic heterocycles. The lowest BCUT2D eigenvalue weighted by Gasteiger charge is -2.46. The fourth-order valence-electron chi connectivity index (χ4n) is 6.53. The Balaban J connectivity index is 1.22. The van der Waals surface area contributed by atoms with Crippen molar-refractivity contribution < 1.29 is 23.4 Å². The van der Waals surface area contributed by atoms with Crippen LogP contribution in [0, 0.1) is 23.1 Å². The van der Waals surface area contributed by atoms with E-state index in [-0.39, 0.29) is 75.0 Å². The number of carbonyl (C=O) groups excluding carboxylic acids is 1. The minimum atomic E-state index is -1.32. The van der Waals surface area contributed by atoms with Crippen molar-refractivity contribution in [1.29, 1.82) is 0 Å². The standard InChI is InChI=1S/C35H36F2N6O4/c1-41-20-17-39-29(41)12-14-35(13-11-26(37)21-28(35)24-5-3-2-4-6-24)33(45)42-18-15-34(46,16-19-42)22-43-23-40-31(30(38)32(43)44)47-27-9-7-25(36)8-10-27/h2-10,17,20,23,26,28,46H,11,13,15-16,18-19,21-22,38H2,1H3/t26-,28+,35-/m0/s1. The van der Waals surface area contributed by atoms with E-state index in [1.54, 1.807) is 21.9 Å². The molecule has 0 bridgehead atoms. The molecule has 4 aromatic rings. The summed E-state index contributed by atoms with van der Waals surface area (Å²) in [4.78, 5) is 37.8. The van der Waals surface area contributed by atoms with Crippen molar-refractivity contribution in [3.63, 3.8) is 0 Å². The molecule has 3 N–H and O–H groups in total. The third-order valence-electron chi connectivity index (χ3n) is 9.25. The molecule has 3 atom stereocenters. The molecule has 0 radical (unpaired) electrons. The molecule has 1 aliphatic heterocycles. The van der Waals surface area contributed by atoms with E-state index in [0.717, 1.165) is 5.56 Å². The van der Waals surface area contributed by atoms with Gasteiger partial charge in [-0.25, -0.2) is 18.7 Å². The van der Waals surface area contributed by atoms with Crippen LogP contribution < -0.4 is 16.0 Å². The Labute approximate surface area is 270 Å². The second-order valence-electron chi connectivity index (χ2n) is 12.4. The molecule has 2 aliphatic rings. The Morgan fingerprint density at radius 1 is 1.11 bits per heavy atom. The van der Waals surface area contributed by atoms with Gasteiger partial charge in [-0.3, -0.25) is 14.2 Å². The van der Waals surface area contributed by atoms with Gasteiger partial charge in [0.2, 0.25) is 11.8 Å². The number of carbonyl (C=O) groups is 1. The van der Waals surface area contributed by atoms with Gasteiger partial charge < -0.3 is 25.0 Å². The maximum absolute atomic E-state index is 15.0. The van der Waals surface area contributed by atoms with Crippen molar-refractivity contribution in [2.75, 3.05) is 18.8 Å². The van der Waals surface area contributed by atoms with Gasteiger partial charge in [0, 0.05) is 38.4 Å². The number of alkyl halides is 1. The Morgan fingerprint density at radius 2 is 1.83 bits per heavy atom. The SMILES string of the molecule is Cn1ccnc1C#C[C@@]1(C(=O)N2CCC(O)(Cn3cnc(Oc4ccc(F)cc4)c(N)c3=O)CC2)CC[C@H](F)C[C@@H]1c1ccccc1. The van der Waals surface area contributed by atoms with Crippen molar-refractivity contribution in [2.24, 2.45) is 12.5 Å². The van der Waals surface area contributed by atoms with E-state index in [4.69, 9.17) is 10.5 Å². The fourth-order valence-corrected chi connectivity index (χ4v) is 6.53. The van der Waals surface area contributed by atoms with Crippen LogP contribution in [0.2, 0.25) is 0 Å². The third kappa shape index (κ3) is 6.62. The number of nitrogens with two attached hydrogens (primary N) is 1. The van der Waals surface area contributed by atoms with E-state index in [2.05, 4.69) is 21.8 Å². The lowest BCUT2D eigenvalue weighted by molar-refractivity contribution is -0.146. The second kappa shape index (κ2) is 13.0. The predicted molar refractivity (Wildman–Crippen MR) is 171 cm³/mol. The first-order chi connectivity index (χ1) is 22.6. The third-order valence-corrected chi connectivity index (χ3v) is 9.25. The number of halogens is 2. The number of amides is 1. The molecule has 3 heterocycles. The van der Waals surface area contributed by atoms with Gasteiger partial charge in [0.1, 0.15) is 29.5 Å². The van der Waals surface area contributed by atoms with Gasteiger partial charge in [-0.2, -0.15) is 0 Å². The van der Waals surface area contributed by atoms with Crippen LogP contribution in [-0.4, -0.2) is 59.9 Å². The summed E-state index contributed by atoms with van der Waals surface area (Å²) in [5.41, 5.74) is 3.52. The summed E-state index contributed by atoms with van der Waals surface area (Å²) < 4.78 is 36.8. The molecule has 244 valence electrons. The first-order valence-corrected chi connectivity index (χ1v) is 15.6. The smallest absolute Gasteiger partial charge is 0.280 e. The molecule has 47 heavy (non-hydrogen) atoms. The van der Waals surface area contributed by atoms with Crippen LogP contribution in [0.1, 0.15) is 49.4 Å². The number of nitrogens with zero attached hydrogens (tertiary/aromatic N) is 5. The second-order valence-corrected chi connectivity index (χ2v) is 12.4. The summed E-state index contributed by atoms with van der Waals surface area (Å²) in [6.07, 6.45) is 4.59. The van der Waals surface area contributed by atoms with Crippen LogP contribution in [0.5, 0.6) is 11.6 Å². The van der Waals surface area contributed by atoms with Gasteiger partial charge in [0.05, 0.1) is 12.1 Å². The fraction of sp³-hybridized carbons (Fsp3) is 0.371. The number of imidazole rings is 1. The molecule has 10 nitrogen and oxygen atoms in total. The molecule has 6 rings (SSSR count). The van der Waals surface area contributed by atoms with Gasteiger partial charge in [-0.15, -0.1) is 0 Å². The van der Waals surface area contributed by atoms with Crippen LogP contribution in [0.25, 0.3) is 0 Å². The number of anilines is 1. The van der Waals surface area contributed by atoms with Crippen LogP contribution in [-0.2, 0) is 18.4 Å². The Morgan fingerprint density at radius 3 is 2.51 bits per heavy atom. The van der Waals surface area contributed by atoms with Crippen molar-refractivity contribution in [2.45, 2.75) is 56.3 Å². The summed E-state index contributed by atoms with van der Waals surface area (Å²) in [6.45, 7) is 0.332. The quantitative estimate of drug-likeness (QED) is 0.302. The van der Waals surface area contributed by atoms with E-state index in [1.807, 2.05) is 37.4 Å². The minimum absolute atomic E-state index is 0.0951. The molecule has 0 spiro atoms. The first kappa shape index (κ1) is 31.9. The van der Waals surface area contributed by atoms with Crippen LogP contribution in [0.3, 0.4) is 0 Å². The number of hydrogen-bond donors (Lipinski definition) is 2. The summed E-state index contributed by atoms with van der Waals surface area (Å²) in [5.74, 6) is 5.93. The largest absolute Gasteiger partial charge is 0.437 e. The van der Waals surface area contributed by atoms with Crippen molar-refractivity contribution in [1.82, 2.24) is 24.0 Å². The number of aryl methyl sites for hydroxylation is 1. The normalized spacial score (nSPS) is 22.3. The molecule has 1 saturated heterocycles. The van der Waals surface area contributed by atoms with Gasteiger partial charge in [0.15, 0.2) is 11.5 Å². The highest BCUT2D eigenvalue weighted by Gasteiger charge is 2.52. The van der Waals surface area contributed by atoms with Gasteiger partial charge >= 0.3 is 0 Å². The zero-order chi connectivity index (χ0) is 33.2. The number of likely N-dealkylation sites (tertiary alicyclic amines) is 1. The zero-order valence-corrected chi connectivity index (χ0v) is 26.0. The highest BCUT2D eigenvalue weighted by atomic mass is 19.1. The maximum Gasteiger partial charge on any atom is 0.280 e. The molecular formula is C35H36F2N6O4. The average Bonchev–Trinajstić information content (AvgIpc) is 3.50. The van der Waals surface area contributed by atoms with Crippen LogP contribution in [0.4, 0.5) is 14.5 Å². The highest BCUT2D eigenvalue weighted by molar-refractivity contribution is 5.88. The van der Waals surface area contributed by atoms with E-state index in [0.29, 0.717) is 5.82 Å². The molecule has 1 amide bonds. The highest BCUT2D eigenvalue weighted by Crippen LogP contribution is 2.49. The van der Waals surface area contributed by atoms with Crippen LogP contribution in [0.15, 0.2) is 78.1 Å². The number of aliphatic hydroxyl groups is 1. The zero-order valence-electron chi connectivity index (χ0n) is 26.0. The summed E-state index contributed by atoms with van der Waals surface area (Å²) in [6, 6.07) is 14.7. The number of ether oxygens (including phenoxy) is 1.